The van der Waals surface area contributed by atoms with Gasteiger partial charge >= 0.3 is 0 Å². The zero-order chi connectivity index (χ0) is 37.9. The van der Waals surface area contributed by atoms with Crippen LogP contribution < -0.4 is 0 Å². The molecule has 0 spiro atoms. The number of rotatable bonds is 4. The van der Waals surface area contributed by atoms with Crippen LogP contribution in [0.25, 0.3) is 114 Å². The fraction of sp³-hybridized carbons (Fsp3) is 0. The van der Waals surface area contributed by atoms with E-state index in [9.17, 15) is 0 Å². The lowest BCUT2D eigenvalue weighted by Gasteiger charge is -2.10. The highest BCUT2D eigenvalue weighted by atomic mass is 32.1. The summed E-state index contributed by atoms with van der Waals surface area (Å²) in [7, 11) is 0. The van der Waals surface area contributed by atoms with Crippen molar-refractivity contribution < 1.29 is 0 Å². The summed E-state index contributed by atoms with van der Waals surface area (Å²) in [4.78, 5) is 10.2. The summed E-state index contributed by atoms with van der Waals surface area (Å²) in [5.41, 5.74) is 13.6. The number of hydrogen-bond donors (Lipinski definition) is 0. The van der Waals surface area contributed by atoms with E-state index in [2.05, 4.69) is 190 Å². The minimum absolute atomic E-state index is 0.892. The van der Waals surface area contributed by atoms with Crippen LogP contribution in [0, 0.1) is 0 Å². The van der Waals surface area contributed by atoms with Gasteiger partial charge < -0.3 is 9.13 Å². The molecule has 0 aliphatic rings. The number of thiophene rings is 1. The summed E-state index contributed by atoms with van der Waals surface area (Å²) in [6.07, 6.45) is 1.87. The van der Waals surface area contributed by atoms with Crippen LogP contribution in [0.1, 0.15) is 0 Å². The van der Waals surface area contributed by atoms with E-state index in [-0.39, 0.29) is 0 Å². The molecule has 0 aliphatic heterocycles. The maximum Gasteiger partial charge on any atom is 0.138 e. The number of nitrogens with zero attached hydrogens (tertiary/aromatic N) is 5. The minimum atomic E-state index is 0.892. The van der Waals surface area contributed by atoms with Crippen LogP contribution in [0.5, 0.6) is 0 Å². The summed E-state index contributed by atoms with van der Waals surface area (Å²) in [5, 5.41) is 7.26. The fourth-order valence-electron chi connectivity index (χ4n) is 9.45. The highest BCUT2D eigenvalue weighted by Gasteiger charge is 2.20. The van der Waals surface area contributed by atoms with Gasteiger partial charge in [0.15, 0.2) is 0 Å². The second-order valence-corrected chi connectivity index (χ2v) is 16.1. The van der Waals surface area contributed by atoms with Crippen molar-refractivity contribution in [1.29, 1.82) is 0 Å². The molecule has 7 aromatic carbocycles. The molecule has 0 saturated heterocycles. The Balaban J connectivity index is 1.00. The SMILES string of the molecule is c1ccc(-n2c3ccccc3c3c(-c4ccc5c(c4)c4ccccc4n5-c4ccc5sc6ccc(-n7c8ccccc8c8ncccc87)nc6c5c4)cccc32)cc1. The summed E-state index contributed by atoms with van der Waals surface area (Å²) in [6, 6.07) is 65.8. The van der Waals surface area contributed by atoms with E-state index >= 15 is 0 Å². The number of hydrogen-bond acceptors (Lipinski definition) is 3. The first-order valence-corrected chi connectivity index (χ1v) is 20.4. The second kappa shape index (κ2) is 12.0. The first-order chi connectivity index (χ1) is 28.8. The fourth-order valence-corrected chi connectivity index (χ4v) is 10.5. The van der Waals surface area contributed by atoms with Crippen molar-refractivity contribution in [2.75, 3.05) is 0 Å². The van der Waals surface area contributed by atoms with Gasteiger partial charge in [-0.3, -0.25) is 9.55 Å². The predicted octanol–water partition coefficient (Wildman–Crippen LogP) is 13.8. The molecule has 6 aromatic heterocycles. The van der Waals surface area contributed by atoms with Gasteiger partial charge in [0.25, 0.3) is 0 Å². The molecule has 13 rings (SSSR count). The first kappa shape index (κ1) is 31.6. The highest BCUT2D eigenvalue weighted by Crippen LogP contribution is 2.42. The first-order valence-electron chi connectivity index (χ1n) is 19.6. The van der Waals surface area contributed by atoms with Gasteiger partial charge in [-0.1, -0.05) is 91.0 Å². The lowest BCUT2D eigenvalue weighted by Crippen LogP contribution is -1.97. The van der Waals surface area contributed by atoms with Crippen LogP contribution in [0.4, 0.5) is 0 Å². The monoisotopic (exact) mass is 757 g/mol. The number of para-hydroxylation sites is 4. The quantitative estimate of drug-likeness (QED) is 0.179. The van der Waals surface area contributed by atoms with Gasteiger partial charge in [-0.25, -0.2) is 4.98 Å². The summed E-state index contributed by atoms with van der Waals surface area (Å²) < 4.78 is 9.44. The van der Waals surface area contributed by atoms with Crippen LogP contribution in [-0.2, 0) is 0 Å². The lowest BCUT2D eigenvalue weighted by molar-refractivity contribution is 1.10. The van der Waals surface area contributed by atoms with E-state index < -0.39 is 0 Å². The molecule has 6 heterocycles. The molecule has 270 valence electrons. The van der Waals surface area contributed by atoms with Crippen molar-refractivity contribution in [3.63, 3.8) is 0 Å². The lowest BCUT2D eigenvalue weighted by atomic mass is 9.98. The highest BCUT2D eigenvalue weighted by molar-refractivity contribution is 7.25. The maximum atomic E-state index is 5.40. The molecule has 0 N–H and O–H groups in total. The Kier molecular flexibility index (Phi) is 6.54. The largest absolute Gasteiger partial charge is 0.309 e. The smallest absolute Gasteiger partial charge is 0.138 e. The topological polar surface area (TPSA) is 40.6 Å². The zero-order valence-electron chi connectivity index (χ0n) is 31.0. The Morgan fingerprint density at radius 2 is 1.05 bits per heavy atom. The molecule has 6 heteroatoms. The average molecular weight is 758 g/mol. The van der Waals surface area contributed by atoms with E-state index in [0.29, 0.717) is 0 Å². The Morgan fingerprint density at radius 3 is 1.91 bits per heavy atom. The number of benzene rings is 7. The third-order valence-corrected chi connectivity index (χ3v) is 13.0. The Labute approximate surface area is 335 Å². The van der Waals surface area contributed by atoms with Gasteiger partial charge in [-0.05, 0) is 102 Å². The second-order valence-electron chi connectivity index (χ2n) is 15.0. The summed E-state index contributed by atoms with van der Waals surface area (Å²) >= 11 is 1.79. The van der Waals surface area contributed by atoms with Crippen LogP contribution in [0.3, 0.4) is 0 Å². The van der Waals surface area contributed by atoms with Crippen molar-refractivity contribution in [1.82, 2.24) is 23.7 Å². The Bertz CT molecular complexity index is 3750. The van der Waals surface area contributed by atoms with Crippen molar-refractivity contribution >= 4 is 97.2 Å². The normalized spacial score (nSPS) is 12.1. The van der Waals surface area contributed by atoms with E-state index in [4.69, 9.17) is 9.97 Å². The number of pyridine rings is 2. The molecule has 58 heavy (non-hydrogen) atoms. The number of fused-ring (bicyclic) bond motifs is 12. The van der Waals surface area contributed by atoms with Crippen molar-refractivity contribution in [2.45, 2.75) is 0 Å². The van der Waals surface area contributed by atoms with Gasteiger partial charge in [0.2, 0.25) is 0 Å². The molecular weight excluding hydrogens is 727 g/mol. The maximum absolute atomic E-state index is 5.40. The predicted molar refractivity (Wildman–Crippen MR) is 243 cm³/mol. The molecule has 0 radical (unpaired) electrons. The van der Waals surface area contributed by atoms with E-state index in [0.717, 1.165) is 50.0 Å². The molecule has 0 fully saturated rings. The van der Waals surface area contributed by atoms with Crippen LogP contribution in [-0.4, -0.2) is 23.7 Å². The molecule has 0 aliphatic carbocycles. The van der Waals surface area contributed by atoms with E-state index in [1.54, 1.807) is 11.3 Å². The Hall–Kier alpha value is -7.54. The zero-order valence-corrected chi connectivity index (χ0v) is 31.9. The summed E-state index contributed by atoms with van der Waals surface area (Å²) in [5.74, 6) is 0.892. The van der Waals surface area contributed by atoms with Crippen molar-refractivity contribution in [3.8, 4) is 28.3 Å². The molecule has 0 unspecified atom stereocenters. The molecular formula is C52H31N5S. The standard InChI is InChI=1S/C52H31N5S/c1-2-12-33(13-3-1)55-42-19-8-5-15-37(42)50-35(17-10-21-45(50)55)32-23-25-44-39(30-32)36-14-4-7-18-41(36)56(44)34-24-26-47-40(31-34)52-48(58-47)27-28-49(54-52)57-43-20-9-6-16-38(43)51-46(57)22-11-29-53-51/h1-31H. The van der Waals surface area contributed by atoms with Crippen LogP contribution in [0.2, 0.25) is 0 Å². The van der Waals surface area contributed by atoms with Crippen LogP contribution in [0.15, 0.2) is 188 Å². The number of aromatic nitrogens is 5. The molecule has 13 aromatic rings. The average Bonchev–Trinajstić information content (AvgIpc) is 4.02. The van der Waals surface area contributed by atoms with Gasteiger partial charge in [0.05, 0.1) is 48.8 Å². The van der Waals surface area contributed by atoms with Crippen molar-refractivity contribution in [3.05, 3.63) is 188 Å². The van der Waals surface area contributed by atoms with Gasteiger partial charge in [-0.15, -0.1) is 11.3 Å². The molecule has 0 atom stereocenters. The minimum Gasteiger partial charge on any atom is -0.309 e. The molecule has 0 amide bonds. The van der Waals surface area contributed by atoms with Gasteiger partial charge in [0, 0.05) is 54.6 Å². The van der Waals surface area contributed by atoms with Crippen molar-refractivity contribution in [2.24, 2.45) is 0 Å². The van der Waals surface area contributed by atoms with E-state index in [1.165, 1.54) is 64.1 Å². The Morgan fingerprint density at radius 1 is 0.379 bits per heavy atom. The third kappa shape index (κ3) is 4.40. The molecule has 5 nitrogen and oxygen atoms in total. The third-order valence-electron chi connectivity index (χ3n) is 11.9. The van der Waals surface area contributed by atoms with Gasteiger partial charge in [0.1, 0.15) is 5.82 Å². The van der Waals surface area contributed by atoms with E-state index in [1.807, 2.05) is 12.3 Å². The summed E-state index contributed by atoms with van der Waals surface area (Å²) in [6.45, 7) is 0. The van der Waals surface area contributed by atoms with Crippen LogP contribution >= 0.6 is 11.3 Å². The molecule has 0 bridgehead atoms. The van der Waals surface area contributed by atoms with Gasteiger partial charge in [-0.2, -0.15) is 0 Å². The molecule has 0 saturated carbocycles.